The SMILES string of the molecule is Cc1cc2c3c(c1)N(c1c4c(cc5c1CCCC5)CCCC4)c1ccc(C4CCCCC4)cc1B3c1cc(C3CCCCC3)ccc1N2c1cc(C(C)(C)C)cc(C(C)(C)C)c1. The molecular weight excluding hydrogens is 747 g/mol. The van der Waals surface area contributed by atoms with Crippen molar-refractivity contribution in [1.29, 1.82) is 0 Å². The summed E-state index contributed by atoms with van der Waals surface area (Å²) in [6, 6.07) is 31.2. The van der Waals surface area contributed by atoms with Crippen molar-refractivity contribution in [2.24, 2.45) is 0 Å². The van der Waals surface area contributed by atoms with Gasteiger partial charge in [-0.05, 0) is 209 Å². The molecule has 6 aliphatic rings. The minimum absolute atomic E-state index is 0.0186. The number of hydrogen-bond acceptors (Lipinski definition) is 2. The molecule has 62 heavy (non-hydrogen) atoms. The van der Waals surface area contributed by atoms with Crippen LogP contribution in [0.2, 0.25) is 0 Å². The van der Waals surface area contributed by atoms with Crippen LogP contribution in [0.5, 0.6) is 0 Å². The van der Waals surface area contributed by atoms with E-state index in [-0.39, 0.29) is 17.5 Å². The maximum absolute atomic E-state index is 2.87. The Morgan fingerprint density at radius 1 is 0.468 bits per heavy atom. The number of aryl methyl sites for hydroxylation is 3. The zero-order valence-electron chi connectivity index (χ0n) is 39.3. The second-order valence-electron chi connectivity index (χ2n) is 22.8. The number of anilines is 6. The molecule has 2 saturated carbocycles. The molecule has 0 amide bonds. The molecule has 3 heteroatoms. The lowest BCUT2D eigenvalue weighted by Crippen LogP contribution is -2.61. The highest BCUT2D eigenvalue weighted by molar-refractivity contribution is 7.00. The average Bonchev–Trinajstić information content (AvgIpc) is 3.28. The van der Waals surface area contributed by atoms with Gasteiger partial charge in [0, 0.05) is 28.4 Å². The van der Waals surface area contributed by atoms with Gasteiger partial charge in [0.1, 0.15) is 0 Å². The first-order valence-corrected chi connectivity index (χ1v) is 25.3. The average molecular weight is 819 g/mol. The van der Waals surface area contributed by atoms with Gasteiger partial charge in [-0.3, -0.25) is 0 Å². The largest absolute Gasteiger partial charge is 0.311 e. The Kier molecular flexibility index (Phi) is 10.1. The lowest BCUT2D eigenvalue weighted by atomic mass is 9.33. The molecule has 2 aliphatic heterocycles. The summed E-state index contributed by atoms with van der Waals surface area (Å²) in [5.74, 6) is 1.30. The van der Waals surface area contributed by atoms with Crippen molar-refractivity contribution in [3.05, 3.63) is 123 Å². The lowest BCUT2D eigenvalue weighted by Gasteiger charge is -2.46. The van der Waals surface area contributed by atoms with Crippen LogP contribution >= 0.6 is 0 Å². The number of rotatable bonds is 4. The normalized spacial score (nSPS) is 19.1. The molecule has 0 spiro atoms. The zero-order valence-corrected chi connectivity index (χ0v) is 39.3. The molecule has 0 N–H and O–H groups in total. The van der Waals surface area contributed by atoms with Crippen molar-refractivity contribution >= 4 is 57.2 Å². The van der Waals surface area contributed by atoms with Crippen molar-refractivity contribution < 1.29 is 0 Å². The van der Waals surface area contributed by atoms with Crippen LogP contribution < -0.4 is 26.2 Å². The van der Waals surface area contributed by atoms with E-state index in [9.17, 15) is 0 Å². The monoisotopic (exact) mass is 819 g/mol. The molecule has 0 aromatic heterocycles. The Morgan fingerprint density at radius 2 is 0.935 bits per heavy atom. The van der Waals surface area contributed by atoms with Gasteiger partial charge in [-0.2, -0.15) is 0 Å². The van der Waals surface area contributed by atoms with Gasteiger partial charge in [0.05, 0.1) is 5.69 Å². The van der Waals surface area contributed by atoms with Crippen LogP contribution in [-0.2, 0) is 36.5 Å². The van der Waals surface area contributed by atoms with E-state index in [1.165, 1.54) is 172 Å². The Labute approximate surface area is 375 Å². The molecule has 2 heterocycles. The third kappa shape index (κ3) is 6.89. The molecule has 0 saturated heterocycles. The van der Waals surface area contributed by atoms with E-state index in [4.69, 9.17) is 0 Å². The summed E-state index contributed by atoms with van der Waals surface area (Å²) in [5.41, 5.74) is 27.0. The summed E-state index contributed by atoms with van der Waals surface area (Å²) in [6.07, 6.45) is 23.5. The summed E-state index contributed by atoms with van der Waals surface area (Å²) in [6.45, 7) is 16.9. The standard InChI is InChI=1S/C59H71BN2/c1-38-30-54-56-55(31-38)62(57-48-24-16-14-22-43(48)32-44-23-15-17-25-49(44)57)53-29-27-42(40-20-12-9-13-21-40)34-51(53)60(56)50-33-41(39-18-10-8-11-19-39)26-28-52(50)61(54)47-36-45(58(2,3)4)35-46(37-47)59(5,6)7/h26-37,39-40H,8-25H2,1-7H3. The van der Waals surface area contributed by atoms with Gasteiger partial charge < -0.3 is 9.80 Å². The summed E-state index contributed by atoms with van der Waals surface area (Å²) in [7, 11) is 0. The van der Waals surface area contributed by atoms with Crippen LogP contribution in [0.3, 0.4) is 0 Å². The highest BCUT2D eigenvalue weighted by atomic mass is 15.2. The molecule has 4 aliphatic carbocycles. The van der Waals surface area contributed by atoms with E-state index in [0.29, 0.717) is 11.8 Å². The summed E-state index contributed by atoms with van der Waals surface area (Å²) >= 11 is 0. The van der Waals surface area contributed by atoms with E-state index in [1.54, 1.807) is 44.5 Å². The molecule has 0 atom stereocenters. The van der Waals surface area contributed by atoms with E-state index >= 15 is 0 Å². The van der Waals surface area contributed by atoms with Gasteiger partial charge in [0.15, 0.2) is 0 Å². The first kappa shape index (κ1) is 40.5. The van der Waals surface area contributed by atoms with E-state index in [0.717, 1.165) is 0 Å². The van der Waals surface area contributed by atoms with Gasteiger partial charge >= 0.3 is 0 Å². The van der Waals surface area contributed by atoms with Crippen LogP contribution in [0, 0.1) is 6.92 Å². The Hall–Kier alpha value is -4.24. The first-order valence-electron chi connectivity index (χ1n) is 25.3. The van der Waals surface area contributed by atoms with Crippen molar-refractivity contribution in [3.63, 3.8) is 0 Å². The smallest absolute Gasteiger partial charge is 0.252 e. The highest BCUT2D eigenvalue weighted by Gasteiger charge is 2.45. The molecule has 320 valence electrons. The molecule has 2 nitrogen and oxygen atoms in total. The quantitative estimate of drug-likeness (QED) is 0.163. The van der Waals surface area contributed by atoms with Crippen LogP contribution in [0.15, 0.2) is 72.8 Å². The van der Waals surface area contributed by atoms with Crippen LogP contribution in [0.25, 0.3) is 0 Å². The van der Waals surface area contributed by atoms with Crippen LogP contribution in [0.1, 0.15) is 193 Å². The molecule has 0 bridgehead atoms. The van der Waals surface area contributed by atoms with Crippen molar-refractivity contribution in [2.75, 3.05) is 9.80 Å². The Balaban J connectivity index is 1.23. The van der Waals surface area contributed by atoms with Gasteiger partial charge in [0.2, 0.25) is 0 Å². The fourth-order valence-corrected chi connectivity index (χ4v) is 13.1. The Bertz CT molecular complexity index is 2480. The van der Waals surface area contributed by atoms with E-state index < -0.39 is 0 Å². The van der Waals surface area contributed by atoms with Crippen molar-refractivity contribution in [1.82, 2.24) is 0 Å². The van der Waals surface area contributed by atoms with E-state index in [1.807, 2.05) is 0 Å². The topological polar surface area (TPSA) is 6.48 Å². The molecule has 0 radical (unpaired) electrons. The van der Waals surface area contributed by atoms with Gasteiger partial charge in [-0.1, -0.05) is 116 Å². The third-order valence-corrected chi connectivity index (χ3v) is 16.5. The number of fused-ring (bicyclic) bond motifs is 6. The van der Waals surface area contributed by atoms with Gasteiger partial charge in [-0.25, -0.2) is 0 Å². The second kappa shape index (κ2) is 15.5. The predicted octanol–water partition coefficient (Wildman–Crippen LogP) is 14.5. The predicted molar refractivity (Wildman–Crippen MR) is 268 cm³/mol. The van der Waals surface area contributed by atoms with Crippen LogP contribution in [0.4, 0.5) is 34.1 Å². The van der Waals surface area contributed by atoms with Crippen LogP contribution in [-0.4, -0.2) is 6.71 Å². The summed E-state index contributed by atoms with van der Waals surface area (Å²) in [4.78, 5) is 5.60. The van der Waals surface area contributed by atoms with E-state index in [2.05, 4.69) is 131 Å². The molecule has 2 fully saturated rings. The third-order valence-electron chi connectivity index (χ3n) is 16.5. The number of hydrogen-bond donors (Lipinski definition) is 0. The fourth-order valence-electron chi connectivity index (χ4n) is 13.1. The maximum Gasteiger partial charge on any atom is 0.252 e. The maximum atomic E-state index is 2.87. The van der Waals surface area contributed by atoms with Gasteiger partial charge in [-0.15, -0.1) is 0 Å². The highest BCUT2D eigenvalue weighted by Crippen LogP contribution is 2.51. The number of nitrogens with zero attached hydrogens (tertiary/aromatic N) is 2. The summed E-state index contributed by atoms with van der Waals surface area (Å²) in [5, 5.41) is 0. The zero-order chi connectivity index (χ0) is 42.5. The molecule has 0 unspecified atom stereocenters. The second-order valence-corrected chi connectivity index (χ2v) is 22.8. The first-order chi connectivity index (χ1) is 29.9. The molecular formula is C59H71BN2. The lowest BCUT2D eigenvalue weighted by molar-refractivity contribution is 0.444. The number of benzene rings is 5. The molecule has 11 rings (SSSR count). The van der Waals surface area contributed by atoms with Crippen molar-refractivity contribution in [3.8, 4) is 0 Å². The van der Waals surface area contributed by atoms with Gasteiger partial charge in [0.25, 0.3) is 6.71 Å². The minimum Gasteiger partial charge on any atom is -0.311 e. The Morgan fingerprint density at radius 3 is 1.44 bits per heavy atom. The molecule has 5 aromatic rings. The van der Waals surface area contributed by atoms with Crippen molar-refractivity contribution in [2.45, 2.75) is 187 Å². The molecule has 5 aromatic carbocycles. The minimum atomic E-state index is 0.0186. The summed E-state index contributed by atoms with van der Waals surface area (Å²) < 4.78 is 0. The fraction of sp³-hybridized carbons (Fsp3) is 0.492.